The second-order valence-corrected chi connectivity index (χ2v) is 7.11. The molecule has 0 N–H and O–H groups in total. The van der Waals surface area contributed by atoms with Crippen LogP contribution < -0.4 is 9.57 Å². The van der Waals surface area contributed by atoms with Gasteiger partial charge in [-0.1, -0.05) is 12.2 Å². The van der Waals surface area contributed by atoms with Gasteiger partial charge in [-0.2, -0.15) is 0 Å². The summed E-state index contributed by atoms with van der Waals surface area (Å²) in [5.41, 5.74) is 2.46. The van der Waals surface area contributed by atoms with Crippen LogP contribution in [0.1, 0.15) is 32.3 Å². The summed E-state index contributed by atoms with van der Waals surface area (Å²) in [5.74, 6) is 0.879. The van der Waals surface area contributed by atoms with E-state index in [1.807, 2.05) is 12.2 Å². The molecule has 4 rings (SSSR count). The Balaban J connectivity index is 1.77. The van der Waals surface area contributed by atoms with E-state index in [4.69, 9.17) is 4.74 Å². The van der Waals surface area contributed by atoms with E-state index < -0.39 is 10.8 Å². The Bertz CT molecular complexity index is 853. The maximum atomic E-state index is 10.5. The van der Waals surface area contributed by atoms with Crippen molar-refractivity contribution in [2.24, 2.45) is 5.41 Å². The second kappa shape index (κ2) is 5.12. The molecule has 1 saturated heterocycles. The highest BCUT2D eigenvalue weighted by molar-refractivity contribution is 5.65. The molecule has 0 bridgehead atoms. The van der Waals surface area contributed by atoms with Gasteiger partial charge in [0.25, 0.3) is 5.09 Å². The van der Waals surface area contributed by atoms with E-state index >= 15 is 0 Å². The normalized spacial score (nSPS) is 25.6. The van der Waals surface area contributed by atoms with Crippen LogP contribution in [0.2, 0.25) is 0 Å². The highest BCUT2D eigenvalue weighted by atomic mass is 17.0. The zero-order valence-electron chi connectivity index (χ0n) is 14.5. The first-order valence-electron chi connectivity index (χ1n) is 8.35. The number of hydrogen-bond donors (Lipinski definition) is 0. The molecule has 1 atom stereocenters. The molecule has 1 aromatic carbocycles. The molecule has 0 aromatic heterocycles. The van der Waals surface area contributed by atoms with E-state index in [-0.39, 0.29) is 11.2 Å². The molecule has 25 heavy (non-hydrogen) atoms. The number of likely N-dealkylation sites (tertiary alicyclic amines) is 1. The fourth-order valence-electron chi connectivity index (χ4n) is 4.16. The fraction of sp³-hybridized carbons (Fsp3) is 0.368. The molecule has 1 spiro atoms. The Labute approximate surface area is 146 Å². The molecule has 6 heteroatoms. The van der Waals surface area contributed by atoms with E-state index in [1.54, 1.807) is 18.2 Å². The number of fused-ring (bicyclic) bond motifs is 2. The molecule has 2 aliphatic heterocycles. The van der Waals surface area contributed by atoms with Gasteiger partial charge in [-0.15, -0.1) is 10.1 Å². The molecule has 1 aromatic rings. The molecular formula is C19H20N2O4. The highest BCUT2D eigenvalue weighted by Gasteiger charge is 2.59. The minimum atomic E-state index is -0.811. The molecule has 6 nitrogen and oxygen atoms in total. The van der Waals surface area contributed by atoms with E-state index in [9.17, 15) is 10.1 Å². The number of rotatable bonds is 2. The first-order valence-corrected chi connectivity index (χ1v) is 8.35. The van der Waals surface area contributed by atoms with Gasteiger partial charge in [-0.25, -0.2) is 0 Å². The largest absolute Gasteiger partial charge is 0.463 e. The molecule has 1 fully saturated rings. The van der Waals surface area contributed by atoms with Crippen molar-refractivity contribution >= 4 is 6.08 Å². The molecule has 0 amide bonds. The van der Waals surface area contributed by atoms with Crippen LogP contribution in [0.5, 0.6) is 11.5 Å². The maximum absolute atomic E-state index is 10.5. The quantitative estimate of drug-likeness (QED) is 0.603. The predicted octanol–water partition coefficient (Wildman–Crippen LogP) is 3.93. The third-order valence-electron chi connectivity index (χ3n) is 5.47. The molecule has 1 aliphatic carbocycles. The van der Waals surface area contributed by atoms with Crippen LogP contribution in [0.15, 0.2) is 47.7 Å². The van der Waals surface area contributed by atoms with Crippen LogP contribution >= 0.6 is 0 Å². The summed E-state index contributed by atoms with van der Waals surface area (Å²) in [6, 6.07) is 4.91. The summed E-state index contributed by atoms with van der Waals surface area (Å²) < 4.78 is 6.49. The Morgan fingerprint density at radius 1 is 1.28 bits per heavy atom. The van der Waals surface area contributed by atoms with Gasteiger partial charge in [0, 0.05) is 18.3 Å². The van der Waals surface area contributed by atoms with E-state index in [1.165, 1.54) is 11.3 Å². The van der Waals surface area contributed by atoms with Gasteiger partial charge in [0.1, 0.15) is 11.5 Å². The lowest BCUT2D eigenvalue weighted by Crippen LogP contribution is -2.54. The van der Waals surface area contributed by atoms with Gasteiger partial charge in [-0.05, 0) is 62.6 Å². The summed E-state index contributed by atoms with van der Waals surface area (Å²) in [7, 11) is 2.05. The van der Waals surface area contributed by atoms with Crippen LogP contribution in [-0.2, 0) is 0 Å². The Morgan fingerprint density at radius 2 is 2.04 bits per heavy atom. The van der Waals surface area contributed by atoms with Gasteiger partial charge < -0.3 is 9.64 Å². The maximum Gasteiger partial charge on any atom is 0.299 e. The van der Waals surface area contributed by atoms with Gasteiger partial charge in [0.2, 0.25) is 5.72 Å². The Hall–Kier alpha value is -2.76. The zero-order chi connectivity index (χ0) is 17.8. The van der Waals surface area contributed by atoms with Crippen LogP contribution in [0.3, 0.4) is 0 Å². The van der Waals surface area contributed by atoms with Crippen molar-refractivity contribution in [2.75, 3.05) is 7.05 Å². The minimum absolute atomic E-state index is 0.186. The Kier molecular flexibility index (Phi) is 3.22. The summed E-state index contributed by atoms with van der Waals surface area (Å²) in [4.78, 5) is 17.3. The monoisotopic (exact) mass is 340 g/mol. The van der Waals surface area contributed by atoms with Crippen molar-refractivity contribution in [2.45, 2.75) is 32.4 Å². The number of ether oxygens (including phenoxy) is 1. The van der Waals surface area contributed by atoms with Crippen molar-refractivity contribution in [3.05, 3.63) is 63.4 Å². The molecule has 3 aliphatic rings. The first-order chi connectivity index (χ1) is 11.8. The van der Waals surface area contributed by atoms with Crippen molar-refractivity contribution in [3.63, 3.8) is 0 Å². The lowest BCUT2D eigenvalue weighted by atomic mass is 9.75. The first kappa shape index (κ1) is 15.7. The number of benzene rings is 1. The van der Waals surface area contributed by atoms with E-state index in [0.717, 1.165) is 18.4 Å². The van der Waals surface area contributed by atoms with Gasteiger partial charge in [0.05, 0.1) is 5.41 Å². The standard InChI is InChI=1S/C19H20N2O4/c1-18(2)15-6-4-5-7-16(15)20(3)19(18)11-10-13-12-14(25-21(22)23)8-9-17(13)24-19/h6-12H,4-5H2,1-3H3. The van der Waals surface area contributed by atoms with E-state index in [2.05, 4.69) is 42.8 Å². The van der Waals surface area contributed by atoms with Gasteiger partial charge in [0.15, 0.2) is 0 Å². The molecule has 0 saturated carbocycles. The smallest absolute Gasteiger partial charge is 0.299 e. The summed E-state index contributed by atoms with van der Waals surface area (Å²) in [6.07, 6.45) is 10.7. The fourth-order valence-corrected chi connectivity index (χ4v) is 4.16. The molecule has 0 radical (unpaired) electrons. The number of likely N-dealkylation sites (N-methyl/N-ethyl adjacent to an activating group) is 1. The average molecular weight is 340 g/mol. The van der Waals surface area contributed by atoms with E-state index in [0.29, 0.717) is 5.75 Å². The zero-order valence-corrected chi connectivity index (χ0v) is 14.5. The molecule has 1 unspecified atom stereocenters. The Morgan fingerprint density at radius 3 is 2.76 bits per heavy atom. The highest BCUT2D eigenvalue weighted by Crippen LogP contribution is 2.57. The lowest BCUT2D eigenvalue weighted by molar-refractivity contribution is -0.711. The summed E-state index contributed by atoms with van der Waals surface area (Å²) >= 11 is 0. The SMILES string of the molecule is CN1C2=CCCC=C2C(C)(C)C12C=Cc1cc(O[N+](=O)[O-])ccc1O2. The van der Waals surface area contributed by atoms with Crippen LogP contribution in [0.25, 0.3) is 6.08 Å². The predicted molar refractivity (Wildman–Crippen MR) is 93.4 cm³/mol. The third-order valence-corrected chi connectivity index (χ3v) is 5.47. The van der Waals surface area contributed by atoms with Crippen molar-refractivity contribution in [3.8, 4) is 11.5 Å². The summed E-state index contributed by atoms with van der Waals surface area (Å²) in [5, 5.41) is 9.72. The number of nitrogens with zero attached hydrogens (tertiary/aromatic N) is 2. The van der Waals surface area contributed by atoms with Crippen LogP contribution in [0.4, 0.5) is 0 Å². The van der Waals surface area contributed by atoms with Crippen molar-refractivity contribution < 1.29 is 14.7 Å². The average Bonchev–Trinajstić information content (AvgIpc) is 2.74. The minimum Gasteiger partial charge on any atom is -0.463 e. The van der Waals surface area contributed by atoms with Crippen LogP contribution in [0, 0.1) is 15.5 Å². The molecule has 2 heterocycles. The third kappa shape index (κ3) is 2.10. The topological polar surface area (TPSA) is 64.8 Å². The lowest BCUT2D eigenvalue weighted by Gasteiger charge is -2.45. The van der Waals surface area contributed by atoms with Crippen molar-refractivity contribution in [1.29, 1.82) is 0 Å². The molecular weight excluding hydrogens is 320 g/mol. The second-order valence-electron chi connectivity index (χ2n) is 7.11. The van der Waals surface area contributed by atoms with Gasteiger partial charge in [-0.3, -0.25) is 4.84 Å². The van der Waals surface area contributed by atoms with Gasteiger partial charge >= 0.3 is 0 Å². The van der Waals surface area contributed by atoms with Crippen molar-refractivity contribution in [1.82, 2.24) is 4.90 Å². The number of allylic oxidation sites excluding steroid dienone is 3. The van der Waals surface area contributed by atoms with Crippen LogP contribution in [-0.4, -0.2) is 22.8 Å². The summed E-state index contributed by atoms with van der Waals surface area (Å²) in [6.45, 7) is 4.39. The molecule has 130 valence electrons. The number of hydrogen-bond acceptors (Lipinski definition) is 5.